The number of ether oxygens (including phenoxy) is 1. The highest BCUT2D eigenvalue weighted by atomic mass is 127. The van der Waals surface area contributed by atoms with Crippen LogP contribution in [0.5, 0.6) is 5.75 Å². The van der Waals surface area contributed by atoms with Gasteiger partial charge in [0.1, 0.15) is 11.4 Å². The van der Waals surface area contributed by atoms with Gasteiger partial charge in [0.05, 0.1) is 12.6 Å². The number of para-hydroxylation sites is 1. The summed E-state index contributed by atoms with van der Waals surface area (Å²) in [6.45, 7) is 7.30. The van der Waals surface area contributed by atoms with Crippen LogP contribution in [0.1, 0.15) is 50.6 Å². The highest BCUT2D eigenvalue weighted by Crippen LogP contribution is 2.46. The third kappa shape index (κ3) is 4.23. The van der Waals surface area contributed by atoms with Gasteiger partial charge in [-0.05, 0) is 38.7 Å². The topological polar surface area (TPSA) is 45.7 Å². The largest absolute Gasteiger partial charge is 0.487 e. The minimum atomic E-state index is 0. The van der Waals surface area contributed by atoms with Crippen molar-refractivity contribution in [1.82, 2.24) is 10.6 Å². The Morgan fingerprint density at radius 1 is 1.38 bits per heavy atom. The fourth-order valence-corrected chi connectivity index (χ4v) is 3.71. The molecule has 2 N–H and O–H groups in total. The van der Waals surface area contributed by atoms with Crippen molar-refractivity contribution in [3.05, 3.63) is 42.5 Å². The number of guanidine groups is 1. The lowest BCUT2D eigenvalue weighted by molar-refractivity contribution is 0.0396. The maximum absolute atomic E-state index is 6.42. The quantitative estimate of drug-likeness (QED) is 0.319. The molecule has 0 saturated heterocycles. The van der Waals surface area contributed by atoms with Gasteiger partial charge in [0.2, 0.25) is 0 Å². The van der Waals surface area contributed by atoms with Crippen LogP contribution in [0.15, 0.2) is 41.9 Å². The Hall–Kier alpha value is -1.24. The van der Waals surface area contributed by atoms with Crippen molar-refractivity contribution in [3.8, 4) is 5.75 Å². The van der Waals surface area contributed by atoms with E-state index < -0.39 is 0 Å². The zero-order chi connectivity index (χ0) is 16.1. The molecule has 5 heteroatoms. The van der Waals surface area contributed by atoms with Crippen LogP contribution in [0, 0.1) is 0 Å². The van der Waals surface area contributed by atoms with Crippen molar-refractivity contribution < 1.29 is 4.74 Å². The van der Waals surface area contributed by atoms with Crippen LogP contribution in [0.3, 0.4) is 0 Å². The molecule has 1 aromatic carbocycles. The summed E-state index contributed by atoms with van der Waals surface area (Å²) >= 11 is 0. The summed E-state index contributed by atoms with van der Waals surface area (Å²) in [6.07, 6.45) is 7.65. The number of aliphatic imine (C=N–C) groups is 1. The van der Waals surface area contributed by atoms with E-state index in [-0.39, 0.29) is 35.6 Å². The third-order valence-electron chi connectivity index (χ3n) is 4.75. The summed E-state index contributed by atoms with van der Waals surface area (Å²) in [6, 6.07) is 8.63. The van der Waals surface area contributed by atoms with Crippen LogP contribution in [0.25, 0.3) is 0 Å². The molecule has 1 aliphatic heterocycles. The highest BCUT2D eigenvalue weighted by Gasteiger charge is 2.43. The molecule has 0 radical (unpaired) electrons. The van der Waals surface area contributed by atoms with Crippen LogP contribution in [-0.4, -0.2) is 24.7 Å². The minimum absolute atomic E-state index is 0. The predicted molar refractivity (Wildman–Crippen MR) is 110 cm³/mol. The second-order valence-corrected chi connectivity index (χ2v) is 6.44. The summed E-state index contributed by atoms with van der Waals surface area (Å²) in [5, 5.41) is 6.93. The number of hydrogen-bond donors (Lipinski definition) is 2. The molecule has 0 amide bonds. The highest BCUT2D eigenvalue weighted by molar-refractivity contribution is 14.0. The molecule has 1 heterocycles. The lowest BCUT2D eigenvalue weighted by atomic mass is 9.86. The SMILES string of the molecule is C=CCN=C(NCC)NC1CC2(CCCC2)Oc2ccccc21.I. The lowest BCUT2D eigenvalue weighted by Gasteiger charge is -2.40. The summed E-state index contributed by atoms with van der Waals surface area (Å²) in [7, 11) is 0. The Bertz CT molecular complexity index is 582. The number of halogens is 1. The second kappa shape index (κ2) is 8.74. The molecular formula is C19H28IN3O. The first-order valence-electron chi connectivity index (χ1n) is 8.70. The van der Waals surface area contributed by atoms with E-state index in [0.29, 0.717) is 6.54 Å². The monoisotopic (exact) mass is 441 g/mol. The van der Waals surface area contributed by atoms with Gasteiger partial charge in [0, 0.05) is 18.5 Å². The first-order chi connectivity index (χ1) is 11.3. The molecular weight excluding hydrogens is 413 g/mol. The van der Waals surface area contributed by atoms with Crippen molar-refractivity contribution in [2.24, 2.45) is 4.99 Å². The van der Waals surface area contributed by atoms with Crippen LogP contribution in [0.4, 0.5) is 0 Å². The van der Waals surface area contributed by atoms with E-state index in [1.807, 2.05) is 6.08 Å². The van der Waals surface area contributed by atoms with Crippen molar-refractivity contribution in [3.63, 3.8) is 0 Å². The van der Waals surface area contributed by atoms with Crippen LogP contribution < -0.4 is 15.4 Å². The van der Waals surface area contributed by atoms with E-state index in [9.17, 15) is 0 Å². The molecule has 1 spiro atoms. The molecule has 1 atom stereocenters. The fourth-order valence-electron chi connectivity index (χ4n) is 3.71. The summed E-state index contributed by atoms with van der Waals surface area (Å²) < 4.78 is 6.42. The molecule has 0 aromatic heterocycles. The van der Waals surface area contributed by atoms with Crippen LogP contribution in [0.2, 0.25) is 0 Å². The molecule has 0 bridgehead atoms. The van der Waals surface area contributed by atoms with Gasteiger partial charge >= 0.3 is 0 Å². The Morgan fingerprint density at radius 3 is 2.83 bits per heavy atom. The van der Waals surface area contributed by atoms with Gasteiger partial charge in [0.15, 0.2) is 5.96 Å². The maximum atomic E-state index is 6.42. The lowest BCUT2D eigenvalue weighted by Crippen LogP contribution is -2.46. The smallest absolute Gasteiger partial charge is 0.192 e. The zero-order valence-electron chi connectivity index (χ0n) is 14.4. The molecule has 1 saturated carbocycles. The van der Waals surface area contributed by atoms with Gasteiger partial charge in [-0.15, -0.1) is 30.6 Å². The predicted octanol–water partition coefficient (Wildman–Crippen LogP) is 4.18. The molecule has 1 aliphatic carbocycles. The molecule has 1 fully saturated rings. The van der Waals surface area contributed by atoms with Gasteiger partial charge in [-0.2, -0.15) is 0 Å². The van der Waals surface area contributed by atoms with E-state index in [2.05, 4.69) is 53.4 Å². The molecule has 3 rings (SSSR count). The standard InChI is InChI=1S/C19H27N3O.HI/c1-3-13-21-18(20-4-2)22-16-14-19(11-7-8-12-19)23-17-10-6-5-9-15(16)17;/h3,5-6,9-10,16H,1,4,7-8,11-14H2,2H3,(H2,20,21,22);1H. The van der Waals surface area contributed by atoms with Gasteiger partial charge in [-0.1, -0.05) is 24.3 Å². The first-order valence-corrected chi connectivity index (χ1v) is 8.70. The van der Waals surface area contributed by atoms with E-state index in [4.69, 9.17) is 4.74 Å². The van der Waals surface area contributed by atoms with Crippen LogP contribution >= 0.6 is 24.0 Å². The number of hydrogen-bond acceptors (Lipinski definition) is 2. The maximum Gasteiger partial charge on any atom is 0.192 e. The molecule has 4 nitrogen and oxygen atoms in total. The zero-order valence-corrected chi connectivity index (χ0v) is 16.7. The average Bonchev–Trinajstić information content (AvgIpc) is 3.00. The van der Waals surface area contributed by atoms with E-state index in [1.54, 1.807) is 0 Å². The summed E-state index contributed by atoms with van der Waals surface area (Å²) in [5.41, 5.74) is 1.23. The van der Waals surface area contributed by atoms with E-state index in [1.165, 1.54) is 18.4 Å². The Kier molecular flexibility index (Phi) is 6.95. The molecule has 2 aliphatic rings. The third-order valence-corrected chi connectivity index (χ3v) is 4.75. The van der Waals surface area contributed by atoms with Gasteiger partial charge < -0.3 is 15.4 Å². The molecule has 24 heavy (non-hydrogen) atoms. The van der Waals surface area contributed by atoms with Gasteiger partial charge in [-0.3, -0.25) is 0 Å². The van der Waals surface area contributed by atoms with E-state index in [0.717, 1.165) is 37.5 Å². The molecule has 1 unspecified atom stereocenters. The number of nitrogens with zero attached hydrogens (tertiary/aromatic N) is 1. The average molecular weight is 441 g/mol. The minimum Gasteiger partial charge on any atom is -0.487 e. The van der Waals surface area contributed by atoms with Crippen molar-refractivity contribution >= 4 is 29.9 Å². The number of fused-ring (bicyclic) bond motifs is 1. The number of nitrogens with one attached hydrogen (secondary N) is 2. The van der Waals surface area contributed by atoms with Crippen LogP contribution in [-0.2, 0) is 0 Å². The summed E-state index contributed by atoms with van der Waals surface area (Å²) in [4.78, 5) is 4.55. The first kappa shape index (κ1) is 19.1. The normalized spacial score (nSPS) is 21.4. The number of benzene rings is 1. The fraction of sp³-hybridized carbons (Fsp3) is 0.526. The Labute approximate surface area is 162 Å². The van der Waals surface area contributed by atoms with Gasteiger partial charge in [0.25, 0.3) is 0 Å². The Morgan fingerprint density at radius 2 is 2.12 bits per heavy atom. The summed E-state index contributed by atoms with van der Waals surface area (Å²) in [5.74, 6) is 1.87. The van der Waals surface area contributed by atoms with Gasteiger partial charge in [-0.25, -0.2) is 4.99 Å². The van der Waals surface area contributed by atoms with E-state index >= 15 is 0 Å². The Balaban J connectivity index is 0.00000208. The van der Waals surface area contributed by atoms with Crippen molar-refractivity contribution in [1.29, 1.82) is 0 Å². The number of rotatable bonds is 4. The molecule has 132 valence electrons. The van der Waals surface area contributed by atoms with Crippen molar-refractivity contribution in [2.75, 3.05) is 13.1 Å². The van der Waals surface area contributed by atoms with Crippen molar-refractivity contribution in [2.45, 2.75) is 50.7 Å². The second-order valence-electron chi connectivity index (χ2n) is 6.44. The molecule has 1 aromatic rings.